The van der Waals surface area contributed by atoms with Crippen LogP contribution in [0, 0.1) is 0 Å². The highest BCUT2D eigenvalue weighted by molar-refractivity contribution is 5.80. The summed E-state index contributed by atoms with van der Waals surface area (Å²) in [6.07, 6.45) is 0. The normalized spacial score (nSPS) is 11.1. The molecule has 3 heteroatoms. The molecule has 0 aliphatic heterocycles. The average molecular weight is 176 g/mol. The number of nitrogens with zero attached hydrogens (tertiary/aromatic N) is 1. The summed E-state index contributed by atoms with van der Waals surface area (Å²) in [6.45, 7) is 5.46. The fourth-order valence-electron chi connectivity index (χ4n) is 0.911. The predicted octanol–water partition coefficient (Wildman–Crippen LogP) is 1.97. The molecule has 13 heavy (non-hydrogen) atoms. The molecule has 0 unspecified atom stereocenters. The third-order valence-corrected chi connectivity index (χ3v) is 1.57. The maximum atomic E-state index is 4.93. The largest absolute Gasteiger partial charge is 0.396 e. The Balaban J connectivity index is 2.81. The van der Waals surface area contributed by atoms with E-state index in [4.69, 9.17) is 5.90 Å². The maximum Gasteiger partial charge on any atom is 0.210 e. The van der Waals surface area contributed by atoms with Crippen molar-refractivity contribution in [1.29, 1.82) is 0 Å². The van der Waals surface area contributed by atoms with Crippen LogP contribution in [-0.2, 0) is 4.84 Å². The van der Waals surface area contributed by atoms with Gasteiger partial charge in [0, 0.05) is 6.92 Å². The summed E-state index contributed by atoms with van der Waals surface area (Å²) in [7, 11) is 0. The minimum absolute atomic E-state index is 0.397. The molecule has 0 aliphatic rings. The molecule has 68 valence electrons. The highest BCUT2D eigenvalue weighted by atomic mass is 16.6. The van der Waals surface area contributed by atoms with Gasteiger partial charge >= 0.3 is 0 Å². The van der Waals surface area contributed by atoms with Crippen LogP contribution >= 0.6 is 0 Å². The maximum absolute atomic E-state index is 4.93. The Kier molecular flexibility index (Phi) is 3.23. The molecule has 1 aromatic rings. The first kappa shape index (κ1) is 9.48. The van der Waals surface area contributed by atoms with Gasteiger partial charge in [0.1, 0.15) is 0 Å². The van der Waals surface area contributed by atoms with E-state index in [1.165, 1.54) is 0 Å². The minimum atomic E-state index is 0.397. The molecule has 0 amide bonds. The Labute approximate surface area is 77.5 Å². The van der Waals surface area contributed by atoms with Gasteiger partial charge in [-0.05, 0) is 5.56 Å². The van der Waals surface area contributed by atoms with Crippen molar-refractivity contribution < 1.29 is 4.84 Å². The second-order valence-corrected chi connectivity index (χ2v) is 2.56. The van der Waals surface area contributed by atoms with Crippen molar-refractivity contribution in [2.75, 3.05) is 0 Å². The molecule has 1 aromatic carbocycles. The van der Waals surface area contributed by atoms with Crippen LogP contribution < -0.4 is 5.90 Å². The van der Waals surface area contributed by atoms with Crippen LogP contribution in [-0.4, -0.2) is 5.90 Å². The second-order valence-electron chi connectivity index (χ2n) is 2.56. The van der Waals surface area contributed by atoms with E-state index >= 15 is 0 Å². The summed E-state index contributed by atoms with van der Waals surface area (Å²) in [5.41, 5.74) is 1.60. The SMILES string of the molecule is C=C(/N=C(/C)ON)c1ccccc1. The Bertz CT molecular complexity index is 317. The standard InChI is InChI=1S/C10H12N2O/c1-8(12-9(2)13-11)10-6-4-3-5-7-10/h3-7H,1,11H2,2H3/b12-9-. The third-order valence-electron chi connectivity index (χ3n) is 1.57. The minimum Gasteiger partial charge on any atom is -0.396 e. The Hall–Kier alpha value is -1.61. The predicted molar refractivity (Wildman–Crippen MR) is 53.9 cm³/mol. The molecule has 0 atom stereocenters. The summed E-state index contributed by atoms with van der Waals surface area (Å²) < 4.78 is 0. The van der Waals surface area contributed by atoms with E-state index in [-0.39, 0.29) is 0 Å². The number of hydrogen-bond acceptors (Lipinski definition) is 3. The molecule has 0 bridgehead atoms. The van der Waals surface area contributed by atoms with Crippen LogP contribution in [0.25, 0.3) is 5.70 Å². The summed E-state index contributed by atoms with van der Waals surface area (Å²) in [4.78, 5) is 8.47. The van der Waals surface area contributed by atoms with Crippen LogP contribution in [0.2, 0.25) is 0 Å². The Morgan fingerprint density at radius 3 is 2.54 bits per heavy atom. The zero-order valence-electron chi connectivity index (χ0n) is 7.53. The van der Waals surface area contributed by atoms with Gasteiger partial charge in [0.25, 0.3) is 0 Å². The zero-order chi connectivity index (χ0) is 9.68. The number of hydrogen-bond donors (Lipinski definition) is 1. The van der Waals surface area contributed by atoms with Crippen molar-refractivity contribution in [2.45, 2.75) is 6.92 Å². The van der Waals surface area contributed by atoms with Gasteiger partial charge in [0.15, 0.2) is 0 Å². The van der Waals surface area contributed by atoms with Crippen molar-refractivity contribution in [3.05, 3.63) is 42.5 Å². The second kappa shape index (κ2) is 4.42. The van der Waals surface area contributed by atoms with Crippen molar-refractivity contribution in [3.8, 4) is 0 Å². The van der Waals surface area contributed by atoms with Crippen LogP contribution in [0.4, 0.5) is 0 Å². The number of aliphatic imine (C=N–C) groups is 1. The van der Waals surface area contributed by atoms with Gasteiger partial charge in [-0.3, -0.25) is 0 Å². The van der Waals surface area contributed by atoms with Gasteiger partial charge in [-0.1, -0.05) is 36.9 Å². The van der Waals surface area contributed by atoms with Crippen molar-refractivity contribution in [1.82, 2.24) is 0 Å². The lowest BCUT2D eigenvalue weighted by molar-refractivity contribution is 0.318. The zero-order valence-corrected chi connectivity index (χ0v) is 7.53. The molecule has 3 nitrogen and oxygen atoms in total. The van der Waals surface area contributed by atoms with E-state index in [0.29, 0.717) is 11.6 Å². The van der Waals surface area contributed by atoms with E-state index in [1.807, 2.05) is 30.3 Å². The lowest BCUT2D eigenvalue weighted by atomic mass is 10.2. The van der Waals surface area contributed by atoms with Gasteiger partial charge in [-0.25, -0.2) is 4.99 Å². The van der Waals surface area contributed by atoms with E-state index in [9.17, 15) is 0 Å². The average Bonchev–Trinajstić information content (AvgIpc) is 2.19. The fraction of sp³-hybridized carbons (Fsp3) is 0.100. The quantitative estimate of drug-likeness (QED) is 0.425. The van der Waals surface area contributed by atoms with Crippen LogP contribution in [0.15, 0.2) is 41.9 Å². The summed E-state index contributed by atoms with van der Waals surface area (Å²) in [5, 5.41) is 0. The molecule has 0 heterocycles. The lowest BCUT2D eigenvalue weighted by Crippen LogP contribution is -2.05. The number of rotatable bonds is 2. The smallest absolute Gasteiger partial charge is 0.210 e. The molecular formula is C10H12N2O. The summed E-state index contributed by atoms with van der Waals surface area (Å²) in [5.74, 6) is 5.32. The van der Waals surface area contributed by atoms with Gasteiger partial charge in [-0.2, -0.15) is 5.90 Å². The van der Waals surface area contributed by atoms with Crippen molar-refractivity contribution in [2.24, 2.45) is 10.9 Å². The fourth-order valence-corrected chi connectivity index (χ4v) is 0.911. The van der Waals surface area contributed by atoms with Crippen LogP contribution in [0.3, 0.4) is 0 Å². The third kappa shape index (κ3) is 2.72. The highest BCUT2D eigenvalue weighted by Gasteiger charge is 1.96. The summed E-state index contributed by atoms with van der Waals surface area (Å²) >= 11 is 0. The van der Waals surface area contributed by atoms with E-state index in [2.05, 4.69) is 16.4 Å². The molecule has 0 spiro atoms. The van der Waals surface area contributed by atoms with Gasteiger partial charge in [0.2, 0.25) is 5.90 Å². The van der Waals surface area contributed by atoms with Crippen LogP contribution in [0.5, 0.6) is 0 Å². The van der Waals surface area contributed by atoms with Gasteiger partial charge in [0.05, 0.1) is 5.70 Å². The first-order chi connectivity index (χ1) is 6.24. The lowest BCUT2D eigenvalue weighted by Gasteiger charge is -2.00. The molecule has 0 saturated heterocycles. The van der Waals surface area contributed by atoms with Gasteiger partial charge in [-0.15, -0.1) is 0 Å². The first-order valence-electron chi connectivity index (χ1n) is 3.90. The Morgan fingerprint density at radius 1 is 1.38 bits per heavy atom. The van der Waals surface area contributed by atoms with E-state index in [0.717, 1.165) is 5.56 Å². The molecule has 0 radical (unpaired) electrons. The number of benzene rings is 1. The molecule has 2 N–H and O–H groups in total. The first-order valence-corrected chi connectivity index (χ1v) is 3.90. The molecular weight excluding hydrogens is 164 g/mol. The molecule has 1 rings (SSSR count). The highest BCUT2D eigenvalue weighted by Crippen LogP contribution is 2.12. The van der Waals surface area contributed by atoms with Gasteiger partial charge < -0.3 is 4.84 Å². The molecule has 0 saturated carbocycles. The molecule has 0 aliphatic carbocycles. The van der Waals surface area contributed by atoms with E-state index < -0.39 is 0 Å². The summed E-state index contributed by atoms with van der Waals surface area (Å²) in [6, 6.07) is 9.64. The van der Waals surface area contributed by atoms with Crippen molar-refractivity contribution in [3.63, 3.8) is 0 Å². The monoisotopic (exact) mass is 176 g/mol. The number of nitrogens with two attached hydrogens (primary N) is 1. The van der Waals surface area contributed by atoms with E-state index in [1.54, 1.807) is 6.92 Å². The molecule has 0 aromatic heterocycles. The molecule has 0 fully saturated rings. The van der Waals surface area contributed by atoms with Crippen molar-refractivity contribution >= 4 is 11.6 Å². The topological polar surface area (TPSA) is 47.6 Å². The van der Waals surface area contributed by atoms with Crippen LogP contribution in [0.1, 0.15) is 12.5 Å². The Morgan fingerprint density at radius 2 is 2.00 bits per heavy atom.